The van der Waals surface area contributed by atoms with E-state index in [0.29, 0.717) is 11.4 Å². The molecule has 1 aromatic rings. The van der Waals surface area contributed by atoms with Crippen molar-refractivity contribution >= 4 is 17.3 Å². The molecular formula is C10H17N3O. The lowest BCUT2D eigenvalue weighted by molar-refractivity contribution is -0.126. The number of nitrogens with two attached hydrogens (primary N) is 2. The maximum absolute atomic E-state index is 10.1. The third kappa shape index (κ3) is 5.88. The number of amides is 1. The fourth-order valence-corrected chi connectivity index (χ4v) is 0.559. The van der Waals surface area contributed by atoms with E-state index in [-0.39, 0.29) is 5.91 Å². The Balaban J connectivity index is 0.000000255. The Labute approximate surface area is 84.5 Å². The highest BCUT2D eigenvalue weighted by atomic mass is 16.2. The second-order valence-electron chi connectivity index (χ2n) is 3.08. The van der Waals surface area contributed by atoms with Crippen molar-refractivity contribution in [1.82, 2.24) is 4.90 Å². The molecule has 1 rings (SSSR count). The molecule has 0 fully saturated rings. The lowest BCUT2D eigenvalue weighted by Crippen LogP contribution is -2.17. The van der Waals surface area contributed by atoms with Gasteiger partial charge in [-0.2, -0.15) is 0 Å². The molecule has 0 heterocycles. The van der Waals surface area contributed by atoms with Gasteiger partial charge in [-0.3, -0.25) is 4.79 Å². The predicted octanol–water partition coefficient (Wildman–Crippen LogP) is 0.945. The highest BCUT2D eigenvalue weighted by Gasteiger charge is 1.87. The first-order chi connectivity index (χ1) is 6.43. The zero-order chi connectivity index (χ0) is 11.1. The number of hydrogen-bond donors (Lipinski definition) is 2. The molecule has 1 aromatic carbocycles. The quantitative estimate of drug-likeness (QED) is 0.605. The Morgan fingerprint density at radius 2 is 1.57 bits per heavy atom. The van der Waals surface area contributed by atoms with Crippen molar-refractivity contribution in [1.29, 1.82) is 0 Å². The molecule has 0 saturated heterocycles. The summed E-state index contributed by atoms with van der Waals surface area (Å²) >= 11 is 0. The normalized spacial score (nSPS) is 8.50. The lowest BCUT2D eigenvalue weighted by atomic mass is 10.3. The summed E-state index contributed by atoms with van der Waals surface area (Å²) in [6.45, 7) is 1.53. The molecule has 0 radical (unpaired) electrons. The molecule has 1 amide bonds. The second kappa shape index (κ2) is 5.85. The lowest BCUT2D eigenvalue weighted by Gasteiger charge is -2.02. The molecule has 0 aliphatic heterocycles. The van der Waals surface area contributed by atoms with E-state index < -0.39 is 0 Å². The van der Waals surface area contributed by atoms with Crippen LogP contribution in [-0.2, 0) is 4.79 Å². The molecule has 0 unspecified atom stereocenters. The van der Waals surface area contributed by atoms with Crippen LogP contribution in [0, 0.1) is 0 Å². The van der Waals surface area contributed by atoms with E-state index >= 15 is 0 Å². The highest BCUT2D eigenvalue weighted by Crippen LogP contribution is 2.06. The van der Waals surface area contributed by atoms with Crippen LogP contribution in [0.4, 0.5) is 11.4 Å². The van der Waals surface area contributed by atoms with Gasteiger partial charge < -0.3 is 16.4 Å². The number of benzene rings is 1. The van der Waals surface area contributed by atoms with Gasteiger partial charge in [0, 0.05) is 32.4 Å². The van der Waals surface area contributed by atoms with Gasteiger partial charge in [-0.05, 0) is 18.2 Å². The summed E-state index contributed by atoms with van der Waals surface area (Å²) in [6.07, 6.45) is 0. The fourth-order valence-electron chi connectivity index (χ4n) is 0.559. The second-order valence-corrected chi connectivity index (χ2v) is 3.08. The van der Waals surface area contributed by atoms with Crippen molar-refractivity contribution in [3.8, 4) is 0 Å². The van der Waals surface area contributed by atoms with E-state index in [9.17, 15) is 4.79 Å². The van der Waals surface area contributed by atoms with Gasteiger partial charge in [0.1, 0.15) is 0 Å². The summed E-state index contributed by atoms with van der Waals surface area (Å²) in [7, 11) is 3.45. The van der Waals surface area contributed by atoms with Gasteiger partial charge in [0.05, 0.1) is 0 Å². The fraction of sp³-hybridized carbons (Fsp3) is 0.300. The molecule has 0 spiro atoms. The highest BCUT2D eigenvalue weighted by molar-refractivity contribution is 5.72. The van der Waals surface area contributed by atoms with Gasteiger partial charge in [-0.1, -0.05) is 6.07 Å². The molecule has 4 nitrogen and oxygen atoms in total. The minimum Gasteiger partial charge on any atom is -0.399 e. The maximum atomic E-state index is 10.1. The summed E-state index contributed by atoms with van der Waals surface area (Å²) in [4.78, 5) is 11.6. The van der Waals surface area contributed by atoms with Crippen molar-refractivity contribution in [2.24, 2.45) is 0 Å². The summed E-state index contributed by atoms with van der Waals surface area (Å²) in [6, 6.07) is 7.15. The van der Waals surface area contributed by atoms with Crippen LogP contribution in [0.5, 0.6) is 0 Å². The van der Waals surface area contributed by atoms with E-state index in [4.69, 9.17) is 11.5 Å². The predicted molar refractivity (Wildman–Crippen MR) is 59.6 cm³/mol. The van der Waals surface area contributed by atoms with Gasteiger partial charge in [-0.15, -0.1) is 0 Å². The Bertz CT molecular complexity index is 280. The maximum Gasteiger partial charge on any atom is 0.218 e. The molecule has 0 atom stereocenters. The topological polar surface area (TPSA) is 72.3 Å². The number of rotatable bonds is 0. The van der Waals surface area contributed by atoms with Crippen molar-refractivity contribution in [2.75, 3.05) is 25.6 Å². The first-order valence-electron chi connectivity index (χ1n) is 4.22. The van der Waals surface area contributed by atoms with Crippen LogP contribution < -0.4 is 11.5 Å². The first kappa shape index (κ1) is 12.3. The van der Waals surface area contributed by atoms with Gasteiger partial charge in [0.25, 0.3) is 0 Å². The van der Waals surface area contributed by atoms with Crippen LogP contribution in [0.15, 0.2) is 24.3 Å². The third-order valence-electron chi connectivity index (χ3n) is 1.54. The minimum atomic E-state index is 0.0926. The molecule has 78 valence electrons. The molecule has 4 N–H and O–H groups in total. The van der Waals surface area contributed by atoms with Crippen molar-refractivity contribution in [2.45, 2.75) is 6.92 Å². The van der Waals surface area contributed by atoms with Crippen molar-refractivity contribution in [3.05, 3.63) is 24.3 Å². The SMILES string of the molecule is CC(=O)N(C)C.Nc1cccc(N)c1. The zero-order valence-electron chi connectivity index (χ0n) is 8.82. The molecule has 14 heavy (non-hydrogen) atoms. The first-order valence-corrected chi connectivity index (χ1v) is 4.22. The van der Waals surface area contributed by atoms with E-state index in [2.05, 4.69) is 0 Å². The third-order valence-corrected chi connectivity index (χ3v) is 1.54. The Kier molecular flexibility index (Phi) is 5.14. The smallest absolute Gasteiger partial charge is 0.218 e. The largest absolute Gasteiger partial charge is 0.399 e. The van der Waals surface area contributed by atoms with Crippen molar-refractivity contribution < 1.29 is 4.79 Å². The summed E-state index contributed by atoms with van der Waals surface area (Å²) in [5, 5.41) is 0. The van der Waals surface area contributed by atoms with E-state index in [1.807, 2.05) is 6.07 Å². The summed E-state index contributed by atoms with van der Waals surface area (Å²) in [5.74, 6) is 0.0926. The minimum absolute atomic E-state index is 0.0926. The monoisotopic (exact) mass is 195 g/mol. The number of nitrogens with zero attached hydrogens (tertiary/aromatic N) is 1. The molecule has 0 aliphatic carbocycles. The molecule has 0 aromatic heterocycles. The Morgan fingerprint density at radius 1 is 1.21 bits per heavy atom. The van der Waals surface area contributed by atoms with Gasteiger partial charge in [0.15, 0.2) is 0 Å². The molecule has 0 bridgehead atoms. The Hall–Kier alpha value is -1.71. The molecule has 0 aliphatic rings. The van der Waals surface area contributed by atoms with E-state index in [1.54, 1.807) is 32.3 Å². The van der Waals surface area contributed by atoms with Gasteiger partial charge in [0.2, 0.25) is 5.91 Å². The van der Waals surface area contributed by atoms with Gasteiger partial charge >= 0.3 is 0 Å². The number of carbonyl (C=O) groups excluding carboxylic acids is 1. The van der Waals surface area contributed by atoms with Crippen LogP contribution in [0.3, 0.4) is 0 Å². The zero-order valence-corrected chi connectivity index (χ0v) is 8.82. The number of carbonyl (C=O) groups is 1. The standard InChI is InChI=1S/C6H8N2.C4H9NO/c7-5-2-1-3-6(8)4-5;1-4(6)5(2)3/h1-4H,7-8H2;1-3H3. The molecule has 0 saturated carbocycles. The summed E-state index contributed by atoms with van der Waals surface area (Å²) < 4.78 is 0. The van der Waals surface area contributed by atoms with Crippen LogP contribution >= 0.6 is 0 Å². The van der Waals surface area contributed by atoms with Crippen LogP contribution in [0.1, 0.15) is 6.92 Å². The Morgan fingerprint density at radius 3 is 1.71 bits per heavy atom. The van der Waals surface area contributed by atoms with Crippen molar-refractivity contribution in [3.63, 3.8) is 0 Å². The van der Waals surface area contributed by atoms with Gasteiger partial charge in [-0.25, -0.2) is 0 Å². The van der Waals surface area contributed by atoms with Crippen LogP contribution in [0.25, 0.3) is 0 Å². The molecule has 4 heteroatoms. The average Bonchev–Trinajstić information content (AvgIpc) is 2.04. The average molecular weight is 195 g/mol. The number of hydrogen-bond acceptors (Lipinski definition) is 3. The van der Waals surface area contributed by atoms with E-state index in [0.717, 1.165) is 0 Å². The molecular weight excluding hydrogens is 178 g/mol. The number of anilines is 2. The van der Waals surface area contributed by atoms with Crippen LogP contribution in [-0.4, -0.2) is 24.9 Å². The van der Waals surface area contributed by atoms with E-state index in [1.165, 1.54) is 11.8 Å². The van der Waals surface area contributed by atoms with Crippen LogP contribution in [0.2, 0.25) is 0 Å². The number of nitrogen functional groups attached to an aromatic ring is 2. The summed E-state index contributed by atoms with van der Waals surface area (Å²) in [5.41, 5.74) is 12.2.